The van der Waals surface area contributed by atoms with Crippen LogP contribution in [-0.4, -0.2) is 15.6 Å². The van der Waals surface area contributed by atoms with Crippen molar-refractivity contribution in [1.82, 2.24) is 4.57 Å². The quantitative estimate of drug-likeness (QED) is 0.604. The Labute approximate surface area is 154 Å². The third kappa shape index (κ3) is 3.03. The van der Waals surface area contributed by atoms with Crippen molar-refractivity contribution in [3.05, 3.63) is 69.3 Å². The summed E-state index contributed by atoms with van der Waals surface area (Å²) in [5.74, 6) is -1.01. The number of carbonyl (C=O) groups is 1. The van der Waals surface area contributed by atoms with E-state index in [4.69, 9.17) is 34.8 Å². The molecule has 1 N–H and O–H groups in total. The maximum absolute atomic E-state index is 11.5. The van der Waals surface area contributed by atoms with Crippen LogP contribution in [0.5, 0.6) is 0 Å². The summed E-state index contributed by atoms with van der Waals surface area (Å²) < 4.78 is 1.63. The van der Waals surface area contributed by atoms with Crippen LogP contribution < -0.4 is 0 Å². The lowest BCUT2D eigenvalue weighted by Crippen LogP contribution is -2.05. The Kier molecular flexibility index (Phi) is 4.59. The van der Waals surface area contributed by atoms with Crippen molar-refractivity contribution < 1.29 is 9.90 Å². The molecule has 0 saturated heterocycles. The number of hydrogen-bond donors (Lipinski definition) is 1. The fourth-order valence-corrected chi connectivity index (χ4v) is 3.31. The van der Waals surface area contributed by atoms with Gasteiger partial charge in [-0.1, -0.05) is 53.0 Å². The SMILES string of the molecule is Cn1c(C(=O)O)cc(-c2ccc(Cl)cc2Cl)c1-c1ccc(Cl)cc1. The molecule has 0 aliphatic carbocycles. The maximum atomic E-state index is 11.5. The standard InChI is InChI=1S/C18H12Cl3NO2/c1-22-16(18(23)24)9-14(13-7-6-12(20)8-15(13)21)17(22)10-2-4-11(19)5-3-10/h2-9H,1H3,(H,23,24). The second-order valence-corrected chi connectivity index (χ2v) is 6.57. The highest BCUT2D eigenvalue weighted by atomic mass is 35.5. The summed E-state index contributed by atoms with van der Waals surface area (Å²) in [7, 11) is 1.71. The molecule has 0 aliphatic rings. The zero-order chi connectivity index (χ0) is 17.4. The number of carboxylic acid groups (broad SMARTS) is 1. The van der Waals surface area contributed by atoms with Crippen LogP contribution in [-0.2, 0) is 7.05 Å². The van der Waals surface area contributed by atoms with Gasteiger partial charge in [-0.3, -0.25) is 0 Å². The average molecular weight is 381 g/mol. The molecule has 0 fully saturated rings. The largest absolute Gasteiger partial charge is 0.477 e. The zero-order valence-corrected chi connectivity index (χ0v) is 14.8. The number of carboxylic acids is 1. The first-order valence-electron chi connectivity index (χ1n) is 7.03. The number of rotatable bonds is 3. The van der Waals surface area contributed by atoms with Crippen molar-refractivity contribution in [3.8, 4) is 22.4 Å². The summed E-state index contributed by atoms with van der Waals surface area (Å²) in [6.45, 7) is 0. The Balaban J connectivity index is 2.30. The number of halogens is 3. The summed E-state index contributed by atoms with van der Waals surface area (Å²) in [6, 6.07) is 14.0. The van der Waals surface area contributed by atoms with E-state index >= 15 is 0 Å². The molecule has 1 heterocycles. The van der Waals surface area contributed by atoms with Crippen LogP contribution in [0.3, 0.4) is 0 Å². The molecule has 0 amide bonds. The summed E-state index contributed by atoms with van der Waals surface area (Å²) in [4.78, 5) is 11.5. The second-order valence-electron chi connectivity index (χ2n) is 5.29. The predicted octanol–water partition coefficient (Wildman–Crippen LogP) is 6.02. The summed E-state index contributed by atoms with van der Waals surface area (Å²) in [5.41, 5.74) is 3.19. The van der Waals surface area contributed by atoms with Gasteiger partial charge in [0.15, 0.2) is 0 Å². The molecular weight excluding hydrogens is 369 g/mol. The molecule has 0 spiro atoms. The molecule has 6 heteroatoms. The van der Waals surface area contributed by atoms with Crippen LogP contribution in [0.25, 0.3) is 22.4 Å². The van der Waals surface area contributed by atoms with Gasteiger partial charge in [0.2, 0.25) is 0 Å². The molecule has 0 saturated carbocycles. The van der Waals surface area contributed by atoms with Crippen LogP contribution in [0.1, 0.15) is 10.5 Å². The molecule has 3 aromatic rings. The Bertz CT molecular complexity index is 930. The fourth-order valence-electron chi connectivity index (χ4n) is 2.68. The molecule has 0 atom stereocenters. The fraction of sp³-hybridized carbons (Fsp3) is 0.0556. The predicted molar refractivity (Wildman–Crippen MR) is 98.3 cm³/mol. The molecule has 24 heavy (non-hydrogen) atoms. The van der Waals surface area contributed by atoms with Crippen LogP contribution >= 0.6 is 34.8 Å². The van der Waals surface area contributed by atoms with E-state index in [-0.39, 0.29) is 5.69 Å². The van der Waals surface area contributed by atoms with E-state index in [9.17, 15) is 9.90 Å². The van der Waals surface area contributed by atoms with Gasteiger partial charge in [-0.25, -0.2) is 4.79 Å². The van der Waals surface area contributed by atoms with Crippen LogP contribution in [0.15, 0.2) is 48.5 Å². The van der Waals surface area contributed by atoms with Crippen LogP contribution in [0, 0.1) is 0 Å². The topological polar surface area (TPSA) is 42.2 Å². The highest BCUT2D eigenvalue weighted by Gasteiger charge is 2.21. The average Bonchev–Trinajstić information content (AvgIpc) is 2.86. The van der Waals surface area contributed by atoms with Gasteiger partial charge >= 0.3 is 5.97 Å². The minimum absolute atomic E-state index is 0.168. The second kappa shape index (κ2) is 6.52. The number of aromatic nitrogens is 1. The van der Waals surface area contributed by atoms with Gasteiger partial charge in [-0.05, 0) is 35.9 Å². The lowest BCUT2D eigenvalue weighted by Gasteiger charge is -2.10. The third-order valence-electron chi connectivity index (χ3n) is 3.79. The van der Waals surface area contributed by atoms with Gasteiger partial charge in [0.1, 0.15) is 5.69 Å². The first-order chi connectivity index (χ1) is 11.4. The van der Waals surface area contributed by atoms with Gasteiger partial charge in [0.25, 0.3) is 0 Å². The van der Waals surface area contributed by atoms with Crippen molar-refractivity contribution in [1.29, 1.82) is 0 Å². The molecule has 0 aliphatic heterocycles. The van der Waals surface area contributed by atoms with E-state index in [0.717, 1.165) is 16.8 Å². The van der Waals surface area contributed by atoms with E-state index in [2.05, 4.69) is 0 Å². The lowest BCUT2D eigenvalue weighted by molar-refractivity contribution is 0.0687. The lowest BCUT2D eigenvalue weighted by atomic mass is 10.0. The van der Waals surface area contributed by atoms with Crippen molar-refractivity contribution in [2.24, 2.45) is 7.05 Å². The highest BCUT2D eigenvalue weighted by molar-refractivity contribution is 6.36. The minimum atomic E-state index is -1.01. The molecule has 2 aromatic carbocycles. The number of benzene rings is 2. The molecular formula is C18H12Cl3NO2. The number of nitrogens with zero attached hydrogens (tertiary/aromatic N) is 1. The summed E-state index contributed by atoms with van der Waals surface area (Å²) >= 11 is 18.3. The van der Waals surface area contributed by atoms with Crippen LogP contribution in [0.4, 0.5) is 0 Å². The molecule has 0 bridgehead atoms. The van der Waals surface area contributed by atoms with Gasteiger partial charge in [0.05, 0.1) is 5.69 Å². The minimum Gasteiger partial charge on any atom is -0.477 e. The van der Waals surface area contributed by atoms with Gasteiger partial charge < -0.3 is 9.67 Å². The van der Waals surface area contributed by atoms with E-state index in [1.165, 1.54) is 0 Å². The third-order valence-corrected chi connectivity index (χ3v) is 4.59. The normalized spacial score (nSPS) is 10.8. The first kappa shape index (κ1) is 16.9. The van der Waals surface area contributed by atoms with E-state index in [1.807, 2.05) is 12.1 Å². The summed E-state index contributed by atoms with van der Waals surface area (Å²) in [6.07, 6.45) is 0. The molecule has 3 nitrogen and oxygen atoms in total. The van der Waals surface area contributed by atoms with Crippen molar-refractivity contribution in [2.45, 2.75) is 0 Å². The number of aromatic carboxylic acids is 1. The first-order valence-corrected chi connectivity index (χ1v) is 8.16. The highest BCUT2D eigenvalue weighted by Crippen LogP contribution is 2.39. The Morgan fingerprint density at radius 2 is 1.54 bits per heavy atom. The van der Waals surface area contributed by atoms with Crippen molar-refractivity contribution in [2.75, 3.05) is 0 Å². The molecule has 1 aromatic heterocycles. The van der Waals surface area contributed by atoms with Gasteiger partial charge in [0, 0.05) is 33.2 Å². The molecule has 122 valence electrons. The van der Waals surface area contributed by atoms with E-state index in [0.29, 0.717) is 20.6 Å². The van der Waals surface area contributed by atoms with E-state index < -0.39 is 5.97 Å². The van der Waals surface area contributed by atoms with Crippen molar-refractivity contribution >= 4 is 40.8 Å². The number of hydrogen-bond acceptors (Lipinski definition) is 1. The van der Waals surface area contributed by atoms with Crippen LogP contribution in [0.2, 0.25) is 15.1 Å². The Morgan fingerprint density at radius 1 is 0.917 bits per heavy atom. The Hall–Kier alpha value is -1.94. The monoisotopic (exact) mass is 379 g/mol. The molecule has 0 unspecified atom stereocenters. The van der Waals surface area contributed by atoms with Crippen molar-refractivity contribution in [3.63, 3.8) is 0 Å². The van der Waals surface area contributed by atoms with Gasteiger partial charge in [-0.2, -0.15) is 0 Å². The zero-order valence-electron chi connectivity index (χ0n) is 12.6. The van der Waals surface area contributed by atoms with E-state index in [1.54, 1.807) is 48.0 Å². The molecule has 0 radical (unpaired) electrons. The maximum Gasteiger partial charge on any atom is 0.352 e. The molecule has 3 rings (SSSR count). The van der Waals surface area contributed by atoms with Gasteiger partial charge in [-0.15, -0.1) is 0 Å². The smallest absolute Gasteiger partial charge is 0.352 e. The summed E-state index contributed by atoms with van der Waals surface area (Å²) in [5, 5.41) is 11.0. The Morgan fingerprint density at radius 3 is 2.12 bits per heavy atom.